The van der Waals surface area contributed by atoms with Crippen molar-refractivity contribution < 1.29 is 22.9 Å². The molecule has 1 amide bonds. The van der Waals surface area contributed by atoms with Gasteiger partial charge in [0.2, 0.25) is 5.91 Å². The van der Waals surface area contributed by atoms with E-state index in [4.69, 9.17) is 4.74 Å². The molecule has 0 spiro atoms. The van der Waals surface area contributed by atoms with Gasteiger partial charge in [0.05, 0.1) is 28.3 Å². The lowest BCUT2D eigenvalue weighted by atomic mass is 10.2. The lowest BCUT2D eigenvalue weighted by molar-refractivity contribution is -0.384. The molecule has 138 valence electrons. The number of hydrogen-bond donors (Lipinski definition) is 2. The number of nitrogens with one attached hydrogen (secondary N) is 2. The van der Waals surface area contributed by atoms with Crippen LogP contribution in [0.3, 0.4) is 0 Å². The van der Waals surface area contributed by atoms with E-state index in [1.165, 1.54) is 44.4 Å². The van der Waals surface area contributed by atoms with Crippen molar-refractivity contribution in [3.63, 3.8) is 0 Å². The molecule has 0 aliphatic heterocycles. The van der Waals surface area contributed by atoms with Crippen molar-refractivity contribution in [3.8, 4) is 5.75 Å². The first-order chi connectivity index (χ1) is 12.1. The summed E-state index contributed by atoms with van der Waals surface area (Å²) in [5, 5.41) is 13.4. The number of amides is 1. The Morgan fingerprint density at radius 3 is 2.42 bits per heavy atom. The average molecular weight is 379 g/mol. The van der Waals surface area contributed by atoms with Gasteiger partial charge in [0.15, 0.2) is 0 Å². The summed E-state index contributed by atoms with van der Waals surface area (Å²) >= 11 is 0. The summed E-state index contributed by atoms with van der Waals surface area (Å²) in [5.74, 6) is -0.164. The fourth-order valence-electron chi connectivity index (χ4n) is 2.17. The van der Waals surface area contributed by atoms with Gasteiger partial charge in [-0.15, -0.1) is 0 Å². The Bertz CT molecular complexity index is 972. The molecule has 26 heavy (non-hydrogen) atoms. The molecule has 2 aromatic rings. The van der Waals surface area contributed by atoms with Gasteiger partial charge in [-0.3, -0.25) is 19.6 Å². The maximum Gasteiger partial charge on any atom is 0.271 e. The van der Waals surface area contributed by atoms with Crippen molar-refractivity contribution in [2.75, 3.05) is 17.1 Å². The van der Waals surface area contributed by atoms with Gasteiger partial charge in [0.1, 0.15) is 5.75 Å². The second kappa shape index (κ2) is 7.40. The third-order valence-electron chi connectivity index (χ3n) is 3.47. The topological polar surface area (TPSA) is 128 Å². The highest BCUT2D eigenvalue weighted by atomic mass is 32.2. The van der Waals surface area contributed by atoms with Gasteiger partial charge in [-0.1, -0.05) is 6.07 Å². The van der Waals surface area contributed by atoms with Crippen molar-refractivity contribution >= 4 is 33.0 Å². The number of anilines is 2. The van der Waals surface area contributed by atoms with E-state index in [1.54, 1.807) is 6.92 Å². The van der Waals surface area contributed by atoms with Gasteiger partial charge in [0, 0.05) is 25.1 Å². The highest BCUT2D eigenvalue weighted by Gasteiger charge is 2.19. The Balaban J connectivity index is 2.40. The van der Waals surface area contributed by atoms with Crippen LogP contribution < -0.4 is 14.8 Å². The van der Waals surface area contributed by atoms with E-state index in [0.717, 1.165) is 6.07 Å². The van der Waals surface area contributed by atoms with Crippen LogP contribution in [-0.2, 0) is 14.8 Å². The van der Waals surface area contributed by atoms with E-state index in [1.807, 2.05) is 0 Å². The van der Waals surface area contributed by atoms with Gasteiger partial charge >= 0.3 is 0 Å². The predicted octanol–water partition coefficient (Wildman–Crippen LogP) is 2.67. The zero-order chi connectivity index (χ0) is 19.5. The van der Waals surface area contributed by atoms with Crippen LogP contribution in [0.1, 0.15) is 12.5 Å². The molecule has 0 fully saturated rings. The highest BCUT2D eigenvalue weighted by molar-refractivity contribution is 7.92. The van der Waals surface area contributed by atoms with Crippen molar-refractivity contribution in [3.05, 3.63) is 52.1 Å². The molecule has 0 saturated carbocycles. The van der Waals surface area contributed by atoms with Crippen LogP contribution in [0.25, 0.3) is 0 Å². The Morgan fingerprint density at radius 1 is 1.15 bits per heavy atom. The van der Waals surface area contributed by atoms with Gasteiger partial charge in [-0.05, 0) is 24.6 Å². The third kappa shape index (κ3) is 4.28. The number of carbonyl (C=O) groups is 1. The average Bonchev–Trinajstić information content (AvgIpc) is 2.56. The molecule has 0 saturated heterocycles. The highest BCUT2D eigenvalue weighted by Crippen LogP contribution is 2.30. The minimum absolute atomic E-state index is 0.101. The van der Waals surface area contributed by atoms with E-state index in [2.05, 4.69) is 10.0 Å². The van der Waals surface area contributed by atoms with E-state index < -0.39 is 14.9 Å². The summed E-state index contributed by atoms with van der Waals surface area (Å²) in [4.78, 5) is 21.3. The van der Waals surface area contributed by atoms with Crippen LogP contribution in [0.2, 0.25) is 0 Å². The Labute approximate surface area is 150 Å². The zero-order valence-electron chi connectivity index (χ0n) is 14.3. The molecule has 0 heterocycles. The standard InChI is InChI=1S/C16H17N3O6S/c1-10-4-5-12(19(21)22)8-15(10)18-26(23,24)13-6-7-14(17-11(2)20)16(9-13)25-3/h4-9,18H,1-3H3,(H,17,20). The van der Waals surface area contributed by atoms with E-state index in [-0.39, 0.29) is 27.9 Å². The molecule has 9 nitrogen and oxygen atoms in total. The minimum atomic E-state index is -4.02. The second-order valence-corrected chi connectivity index (χ2v) is 7.09. The van der Waals surface area contributed by atoms with E-state index >= 15 is 0 Å². The van der Waals surface area contributed by atoms with Crippen LogP contribution in [-0.4, -0.2) is 26.4 Å². The molecular weight excluding hydrogens is 362 g/mol. The summed E-state index contributed by atoms with van der Waals surface area (Å²) < 4.78 is 32.7. The maximum atomic E-state index is 12.6. The molecule has 2 rings (SSSR count). The number of rotatable bonds is 6. The van der Waals surface area contributed by atoms with Crippen LogP contribution >= 0.6 is 0 Å². The lowest BCUT2D eigenvalue weighted by Crippen LogP contribution is -2.15. The van der Waals surface area contributed by atoms with Gasteiger partial charge in [-0.25, -0.2) is 8.42 Å². The predicted molar refractivity (Wildman–Crippen MR) is 95.9 cm³/mol. The molecule has 0 atom stereocenters. The second-order valence-electron chi connectivity index (χ2n) is 5.41. The fourth-order valence-corrected chi connectivity index (χ4v) is 3.31. The number of methoxy groups -OCH3 is 1. The van der Waals surface area contributed by atoms with Crippen LogP contribution in [0, 0.1) is 17.0 Å². The summed E-state index contributed by atoms with van der Waals surface area (Å²) in [6.45, 7) is 2.94. The molecule has 0 unspecified atom stereocenters. The third-order valence-corrected chi connectivity index (χ3v) is 4.83. The number of nitro benzene ring substituents is 1. The first-order valence-electron chi connectivity index (χ1n) is 7.37. The number of nitro groups is 1. The molecule has 2 aromatic carbocycles. The number of non-ortho nitro benzene ring substituents is 1. The summed E-state index contributed by atoms with van der Waals surface area (Å²) in [7, 11) is -2.68. The number of nitrogens with zero attached hydrogens (tertiary/aromatic N) is 1. The van der Waals surface area contributed by atoms with Crippen molar-refractivity contribution in [1.82, 2.24) is 0 Å². The van der Waals surface area contributed by atoms with E-state index in [9.17, 15) is 23.3 Å². The first-order valence-corrected chi connectivity index (χ1v) is 8.86. The number of aryl methyl sites for hydroxylation is 1. The van der Waals surface area contributed by atoms with Crippen molar-refractivity contribution in [2.45, 2.75) is 18.7 Å². The molecule has 0 aliphatic rings. The monoisotopic (exact) mass is 379 g/mol. The quantitative estimate of drug-likeness (QED) is 0.587. The smallest absolute Gasteiger partial charge is 0.271 e. The molecule has 0 bridgehead atoms. The Kier molecular flexibility index (Phi) is 5.46. The van der Waals surface area contributed by atoms with Gasteiger partial charge in [0.25, 0.3) is 15.7 Å². The van der Waals surface area contributed by atoms with Gasteiger partial charge in [-0.2, -0.15) is 0 Å². The number of hydrogen-bond acceptors (Lipinski definition) is 6. The summed E-state index contributed by atoms with van der Waals surface area (Å²) in [6.07, 6.45) is 0. The van der Waals surface area contributed by atoms with E-state index in [0.29, 0.717) is 11.3 Å². The first kappa shape index (κ1) is 19.2. The molecule has 0 aromatic heterocycles. The molecule has 2 N–H and O–H groups in total. The number of sulfonamides is 1. The number of benzene rings is 2. The summed E-state index contributed by atoms with van der Waals surface area (Å²) in [6, 6.07) is 7.84. The Morgan fingerprint density at radius 2 is 1.85 bits per heavy atom. The van der Waals surface area contributed by atoms with Crippen molar-refractivity contribution in [1.29, 1.82) is 0 Å². The number of ether oxygens (including phenoxy) is 1. The SMILES string of the molecule is COc1cc(S(=O)(=O)Nc2cc([N+](=O)[O-])ccc2C)ccc1NC(C)=O. The molecule has 0 aliphatic carbocycles. The van der Waals surface area contributed by atoms with Crippen LogP contribution in [0.4, 0.5) is 17.1 Å². The number of carbonyl (C=O) groups excluding carboxylic acids is 1. The van der Waals surface area contributed by atoms with Gasteiger partial charge < -0.3 is 10.1 Å². The minimum Gasteiger partial charge on any atom is -0.495 e. The molecular formula is C16H17N3O6S. The lowest BCUT2D eigenvalue weighted by Gasteiger charge is -2.13. The summed E-state index contributed by atoms with van der Waals surface area (Å²) in [5.41, 5.74) is 0.725. The zero-order valence-corrected chi connectivity index (χ0v) is 15.1. The fraction of sp³-hybridized carbons (Fsp3) is 0.188. The van der Waals surface area contributed by atoms with Crippen LogP contribution in [0.5, 0.6) is 5.75 Å². The maximum absolute atomic E-state index is 12.6. The van der Waals surface area contributed by atoms with Crippen molar-refractivity contribution in [2.24, 2.45) is 0 Å². The van der Waals surface area contributed by atoms with Crippen LogP contribution in [0.15, 0.2) is 41.3 Å². The normalized spacial score (nSPS) is 10.9. The Hall–Kier alpha value is -3.14. The molecule has 10 heteroatoms. The largest absolute Gasteiger partial charge is 0.495 e. The molecule has 0 radical (unpaired) electrons.